The first-order chi connectivity index (χ1) is 15.2. The van der Waals surface area contributed by atoms with E-state index in [9.17, 15) is 0 Å². The van der Waals surface area contributed by atoms with Gasteiger partial charge in [0.1, 0.15) is 0 Å². The molecule has 0 spiro atoms. The number of nitrogens with zero attached hydrogens (tertiary/aromatic N) is 1. The summed E-state index contributed by atoms with van der Waals surface area (Å²) in [6.07, 6.45) is 2.33. The smallest absolute Gasteiger partial charge is 0.0461 e. The van der Waals surface area contributed by atoms with E-state index in [0.717, 1.165) is 6.42 Å². The Kier molecular flexibility index (Phi) is 6.84. The first-order valence-electron chi connectivity index (χ1n) is 11.2. The Morgan fingerprint density at radius 3 is 1.52 bits per heavy atom. The van der Waals surface area contributed by atoms with Crippen LogP contribution in [0, 0.1) is 5.92 Å². The van der Waals surface area contributed by atoms with E-state index in [1.54, 1.807) is 0 Å². The van der Waals surface area contributed by atoms with Crippen LogP contribution in [0.5, 0.6) is 0 Å². The van der Waals surface area contributed by atoms with Crippen LogP contribution in [0.2, 0.25) is 0 Å². The van der Waals surface area contributed by atoms with E-state index in [2.05, 4.69) is 134 Å². The summed E-state index contributed by atoms with van der Waals surface area (Å²) in [4.78, 5) is 2.31. The summed E-state index contributed by atoms with van der Waals surface area (Å²) in [7, 11) is 0. The normalized spacial score (nSPS) is 12.8. The molecule has 0 saturated heterocycles. The second-order valence-electron chi connectivity index (χ2n) is 8.53. The Bertz CT molecular complexity index is 1000. The Morgan fingerprint density at radius 1 is 0.548 bits per heavy atom. The summed E-state index contributed by atoms with van der Waals surface area (Å²) in [5.74, 6) is 1.19. The molecule has 0 N–H and O–H groups in total. The van der Waals surface area contributed by atoms with Crippen LogP contribution in [0.25, 0.3) is 0 Å². The van der Waals surface area contributed by atoms with Gasteiger partial charge in [0.2, 0.25) is 0 Å². The fraction of sp³-hybridized carbons (Fsp3) is 0.200. The summed E-state index contributed by atoms with van der Waals surface area (Å²) in [5, 5.41) is 0. The van der Waals surface area contributed by atoms with Crippen LogP contribution >= 0.6 is 0 Å². The Labute approximate surface area is 187 Å². The summed E-state index contributed by atoms with van der Waals surface area (Å²) >= 11 is 0. The van der Waals surface area contributed by atoms with Crippen LogP contribution in [0.1, 0.15) is 37.3 Å². The Balaban J connectivity index is 1.50. The molecule has 1 heteroatoms. The molecule has 4 rings (SSSR count). The van der Waals surface area contributed by atoms with Gasteiger partial charge in [0.15, 0.2) is 0 Å². The maximum atomic E-state index is 2.37. The van der Waals surface area contributed by atoms with Crippen molar-refractivity contribution < 1.29 is 0 Å². The van der Waals surface area contributed by atoms with Crippen molar-refractivity contribution in [2.75, 3.05) is 4.90 Å². The lowest BCUT2D eigenvalue weighted by atomic mass is 9.87. The Hall–Kier alpha value is -3.32. The van der Waals surface area contributed by atoms with E-state index in [0.29, 0.717) is 11.8 Å². The van der Waals surface area contributed by atoms with Gasteiger partial charge in [0, 0.05) is 17.1 Å². The van der Waals surface area contributed by atoms with Crippen LogP contribution in [-0.4, -0.2) is 0 Å². The molecule has 1 nitrogen and oxygen atoms in total. The SMILES string of the molecule is CC(Cc1ccccc1)CC(C)c1ccc(N(c2ccccc2)c2ccccc2)cc1. The Morgan fingerprint density at radius 2 is 1.00 bits per heavy atom. The van der Waals surface area contributed by atoms with Gasteiger partial charge in [-0.2, -0.15) is 0 Å². The first kappa shape index (κ1) is 20.9. The van der Waals surface area contributed by atoms with Crippen LogP contribution in [-0.2, 0) is 6.42 Å². The average Bonchev–Trinajstić information content (AvgIpc) is 2.82. The molecular formula is C30H31N. The van der Waals surface area contributed by atoms with Crippen molar-refractivity contribution in [3.63, 3.8) is 0 Å². The molecule has 0 aliphatic heterocycles. The van der Waals surface area contributed by atoms with E-state index < -0.39 is 0 Å². The highest BCUT2D eigenvalue weighted by molar-refractivity contribution is 5.76. The van der Waals surface area contributed by atoms with E-state index in [1.807, 2.05) is 0 Å². The molecule has 31 heavy (non-hydrogen) atoms. The quantitative estimate of drug-likeness (QED) is 0.284. The van der Waals surface area contributed by atoms with Gasteiger partial charge in [-0.15, -0.1) is 0 Å². The van der Waals surface area contributed by atoms with Crippen LogP contribution < -0.4 is 4.90 Å². The minimum atomic E-state index is 0.537. The number of hydrogen-bond donors (Lipinski definition) is 0. The lowest BCUT2D eigenvalue weighted by Gasteiger charge is -2.26. The molecule has 0 heterocycles. The zero-order chi connectivity index (χ0) is 21.5. The molecule has 2 atom stereocenters. The highest BCUT2D eigenvalue weighted by Gasteiger charge is 2.14. The molecule has 2 unspecified atom stereocenters. The number of benzene rings is 4. The van der Waals surface area contributed by atoms with E-state index in [4.69, 9.17) is 0 Å². The number of hydrogen-bond acceptors (Lipinski definition) is 1. The van der Waals surface area contributed by atoms with E-state index in [1.165, 1.54) is 34.6 Å². The predicted molar refractivity (Wildman–Crippen MR) is 133 cm³/mol. The van der Waals surface area contributed by atoms with Crippen molar-refractivity contribution in [3.8, 4) is 0 Å². The monoisotopic (exact) mass is 405 g/mol. The fourth-order valence-corrected chi connectivity index (χ4v) is 4.39. The molecule has 4 aromatic rings. The highest BCUT2D eigenvalue weighted by atomic mass is 15.1. The van der Waals surface area contributed by atoms with Gasteiger partial charge in [-0.05, 0) is 72.2 Å². The summed E-state index contributed by atoms with van der Waals surface area (Å²) in [6, 6.07) is 41.1. The number of anilines is 3. The molecule has 0 aromatic heterocycles. The van der Waals surface area contributed by atoms with E-state index >= 15 is 0 Å². The first-order valence-corrected chi connectivity index (χ1v) is 11.2. The highest BCUT2D eigenvalue weighted by Crippen LogP contribution is 2.35. The topological polar surface area (TPSA) is 3.24 Å². The third kappa shape index (κ3) is 5.44. The third-order valence-corrected chi connectivity index (χ3v) is 5.93. The second kappa shape index (κ2) is 10.1. The summed E-state index contributed by atoms with van der Waals surface area (Å²) in [6.45, 7) is 4.72. The van der Waals surface area contributed by atoms with Crippen molar-refractivity contribution in [2.45, 2.75) is 32.6 Å². The molecule has 0 bridgehead atoms. The number of rotatable bonds is 8. The molecular weight excluding hydrogens is 374 g/mol. The van der Waals surface area contributed by atoms with Crippen molar-refractivity contribution in [1.29, 1.82) is 0 Å². The minimum Gasteiger partial charge on any atom is -0.311 e. The van der Waals surface area contributed by atoms with Gasteiger partial charge in [0.25, 0.3) is 0 Å². The van der Waals surface area contributed by atoms with Gasteiger partial charge >= 0.3 is 0 Å². The zero-order valence-electron chi connectivity index (χ0n) is 18.5. The standard InChI is InChI=1S/C30H31N/c1-24(23-26-12-6-3-7-13-26)22-25(2)27-18-20-30(21-19-27)31(28-14-8-4-9-15-28)29-16-10-5-11-17-29/h3-21,24-25H,22-23H2,1-2H3. The maximum Gasteiger partial charge on any atom is 0.0461 e. The van der Waals surface area contributed by atoms with Crippen molar-refractivity contribution in [1.82, 2.24) is 0 Å². The van der Waals surface area contributed by atoms with Gasteiger partial charge < -0.3 is 4.90 Å². The molecule has 0 radical (unpaired) electrons. The third-order valence-electron chi connectivity index (χ3n) is 5.93. The molecule has 0 saturated carbocycles. The molecule has 4 aromatic carbocycles. The molecule has 0 aliphatic rings. The molecule has 0 aliphatic carbocycles. The van der Waals surface area contributed by atoms with Crippen molar-refractivity contribution in [3.05, 3.63) is 126 Å². The van der Waals surface area contributed by atoms with Gasteiger partial charge in [0.05, 0.1) is 0 Å². The average molecular weight is 406 g/mol. The van der Waals surface area contributed by atoms with Crippen molar-refractivity contribution >= 4 is 17.1 Å². The van der Waals surface area contributed by atoms with Crippen LogP contribution in [0.3, 0.4) is 0 Å². The second-order valence-corrected chi connectivity index (χ2v) is 8.53. The van der Waals surface area contributed by atoms with Crippen LogP contribution in [0.15, 0.2) is 115 Å². The fourth-order valence-electron chi connectivity index (χ4n) is 4.39. The lowest BCUT2D eigenvalue weighted by molar-refractivity contribution is 0.482. The lowest BCUT2D eigenvalue weighted by Crippen LogP contribution is -2.10. The largest absolute Gasteiger partial charge is 0.311 e. The molecule has 156 valence electrons. The zero-order valence-corrected chi connectivity index (χ0v) is 18.5. The number of para-hydroxylation sites is 2. The van der Waals surface area contributed by atoms with E-state index in [-0.39, 0.29) is 0 Å². The van der Waals surface area contributed by atoms with Crippen LogP contribution in [0.4, 0.5) is 17.1 Å². The van der Waals surface area contributed by atoms with Crippen molar-refractivity contribution in [2.24, 2.45) is 5.92 Å². The van der Waals surface area contributed by atoms with Gasteiger partial charge in [-0.25, -0.2) is 0 Å². The predicted octanol–water partition coefficient (Wildman–Crippen LogP) is 8.53. The summed E-state index contributed by atoms with van der Waals surface area (Å²) < 4.78 is 0. The van der Waals surface area contributed by atoms with Gasteiger partial charge in [-0.3, -0.25) is 0 Å². The maximum absolute atomic E-state index is 2.37. The van der Waals surface area contributed by atoms with Gasteiger partial charge in [-0.1, -0.05) is 92.7 Å². The molecule has 0 amide bonds. The molecule has 0 fully saturated rings. The summed E-state index contributed by atoms with van der Waals surface area (Å²) in [5.41, 5.74) is 6.37. The minimum absolute atomic E-state index is 0.537.